The number of amides is 1. The molecule has 7 nitrogen and oxygen atoms in total. The van der Waals surface area contributed by atoms with Crippen LogP contribution in [0.1, 0.15) is 28.7 Å². The molecule has 7 heteroatoms. The lowest BCUT2D eigenvalue weighted by molar-refractivity contribution is 0.0341. The summed E-state index contributed by atoms with van der Waals surface area (Å²) in [5.41, 5.74) is 2.20. The number of hydrogen-bond acceptors (Lipinski definition) is 5. The minimum absolute atomic E-state index is 0.0721. The molecule has 156 valence electrons. The Morgan fingerprint density at radius 3 is 2.77 bits per heavy atom. The van der Waals surface area contributed by atoms with E-state index in [0.29, 0.717) is 28.8 Å². The maximum Gasteiger partial charge on any atom is 0.258 e. The molecule has 0 bridgehead atoms. The van der Waals surface area contributed by atoms with Gasteiger partial charge in [0.1, 0.15) is 5.82 Å². The fourth-order valence-electron chi connectivity index (χ4n) is 3.72. The first kappa shape index (κ1) is 20.3. The fraction of sp³-hybridized carbons (Fsp3) is 0.348. The van der Waals surface area contributed by atoms with E-state index in [1.807, 2.05) is 43.3 Å². The van der Waals surface area contributed by atoms with Gasteiger partial charge in [0.15, 0.2) is 0 Å². The second-order valence-corrected chi connectivity index (χ2v) is 7.44. The second kappa shape index (κ2) is 9.19. The van der Waals surface area contributed by atoms with Crippen molar-refractivity contribution in [1.29, 1.82) is 0 Å². The number of aromatic nitrogens is 2. The number of para-hydroxylation sites is 1. The summed E-state index contributed by atoms with van der Waals surface area (Å²) in [6.45, 7) is 6.80. The fourth-order valence-corrected chi connectivity index (χ4v) is 3.72. The van der Waals surface area contributed by atoms with Crippen LogP contribution in [0.5, 0.6) is 0 Å². The quantitative estimate of drug-likeness (QED) is 0.680. The molecule has 0 unspecified atom stereocenters. The van der Waals surface area contributed by atoms with Crippen molar-refractivity contribution in [2.45, 2.75) is 20.0 Å². The Kier molecular flexibility index (Phi) is 6.21. The highest BCUT2D eigenvalue weighted by Crippen LogP contribution is 2.14. The number of hydrogen-bond donors (Lipinski definition) is 1. The standard InChI is InChI=1S/C23H26N4O3/c1-2-27(16-21-24-20-9-4-3-8-19(20)22(28)25-21)23(29)18-7-5-6-17(14-18)15-26-10-12-30-13-11-26/h3-9,14H,2,10-13,15-16H2,1H3,(H,24,25,28). The molecule has 4 rings (SSSR count). The summed E-state index contributed by atoms with van der Waals surface area (Å²) in [6.07, 6.45) is 0. The number of carbonyl (C=O) groups excluding carboxylic acids is 1. The molecule has 1 amide bonds. The number of morpholine rings is 1. The zero-order chi connectivity index (χ0) is 20.9. The van der Waals surface area contributed by atoms with Crippen molar-refractivity contribution in [3.63, 3.8) is 0 Å². The molecule has 2 aromatic carbocycles. The van der Waals surface area contributed by atoms with Gasteiger partial charge in [0.05, 0.1) is 30.7 Å². The third-order valence-corrected chi connectivity index (χ3v) is 5.36. The van der Waals surface area contributed by atoms with Gasteiger partial charge in [-0.1, -0.05) is 24.3 Å². The summed E-state index contributed by atoms with van der Waals surface area (Å²) in [7, 11) is 0. The smallest absolute Gasteiger partial charge is 0.258 e. The van der Waals surface area contributed by atoms with Gasteiger partial charge in [-0.25, -0.2) is 4.98 Å². The molecular weight excluding hydrogens is 380 g/mol. The Balaban J connectivity index is 1.51. The first-order valence-corrected chi connectivity index (χ1v) is 10.3. The van der Waals surface area contributed by atoms with Crippen LogP contribution in [0.25, 0.3) is 10.9 Å². The third kappa shape index (κ3) is 4.58. The number of rotatable bonds is 6. The van der Waals surface area contributed by atoms with Gasteiger partial charge in [-0.15, -0.1) is 0 Å². The monoisotopic (exact) mass is 406 g/mol. The summed E-state index contributed by atoms with van der Waals surface area (Å²) >= 11 is 0. The summed E-state index contributed by atoms with van der Waals surface area (Å²) in [4.78, 5) is 36.8. The molecule has 2 heterocycles. The number of ether oxygens (including phenoxy) is 1. The number of nitrogens with one attached hydrogen (secondary N) is 1. The van der Waals surface area contributed by atoms with E-state index in [-0.39, 0.29) is 18.0 Å². The Bertz CT molecular complexity index is 1090. The van der Waals surface area contributed by atoms with E-state index >= 15 is 0 Å². The summed E-state index contributed by atoms with van der Waals surface area (Å²) in [5, 5.41) is 0.548. The van der Waals surface area contributed by atoms with Crippen molar-refractivity contribution in [3.8, 4) is 0 Å². The molecule has 1 N–H and O–H groups in total. The van der Waals surface area contributed by atoms with Gasteiger partial charge in [-0.2, -0.15) is 0 Å². The molecular formula is C23H26N4O3. The van der Waals surface area contributed by atoms with Crippen molar-refractivity contribution < 1.29 is 9.53 Å². The van der Waals surface area contributed by atoms with Crippen LogP contribution < -0.4 is 5.56 Å². The van der Waals surface area contributed by atoms with E-state index < -0.39 is 0 Å². The molecule has 0 saturated carbocycles. The van der Waals surface area contributed by atoms with Crippen molar-refractivity contribution in [2.75, 3.05) is 32.8 Å². The average Bonchev–Trinajstić information content (AvgIpc) is 2.78. The number of carbonyl (C=O) groups is 1. The zero-order valence-electron chi connectivity index (χ0n) is 17.1. The van der Waals surface area contributed by atoms with E-state index in [0.717, 1.165) is 38.4 Å². The Labute approximate surface area is 175 Å². The van der Waals surface area contributed by atoms with Gasteiger partial charge in [0.25, 0.3) is 11.5 Å². The Morgan fingerprint density at radius 2 is 1.97 bits per heavy atom. The second-order valence-electron chi connectivity index (χ2n) is 7.44. The number of aromatic amines is 1. The highest BCUT2D eigenvalue weighted by molar-refractivity contribution is 5.94. The maximum atomic E-state index is 13.1. The number of fused-ring (bicyclic) bond motifs is 1. The number of benzene rings is 2. The molecule has 1 aliphatic heterocycles. The predicted molar refractivity (Wildman–Crippen MR) is 115 cm³/mol. The van der Waals surface area contributed by atoms with Crippen molar-refractivity contribution in [3.05, 3.63) is 75.8 Å². The SMILES string of the molecule is CCN(Cc1nc2ccccc2c(=O)[nH]1)C(=O)c1cccc(CN2CCOCC2)c1. The van der Waals surface area contributed by atoms with Gasteiger partial charge in [-0.05, 0) is 36.8 Å². The zero-order valence-corrected chi connectivity index (χ0v) is 17.1. The summed E-state index contributed by atoms with van der Waals surface area (Å²) in [6, 6.07) is 15.0. The lowest BCUT2D eigenvalue weighted by atomic mass is 10.1. The lowest BCUT2D eigenvalue weighted by Gasteiger charge is -2.27. The van der Waals surface area contributed by atoms with E-state index in [2.05, 4.69) is 14.9 Å². The Hall–Kier alpha value is -3.03. The van der Waals surface area contributed by atoms with E-state index in [1.54, 1.807) is 17.0 Å². The molecule has 30 heavy (non-hydrogen) atoms. The van der Waals surface area contributed by atoms with Crippen LogP contribution in [0.3, 0.4) is 0 Å². The van der Waals surface area contributed by atoms with E-state index in [1.165, 1.54) is 0 Å². The van der Waals surface area contributed by atoms with Crippen LogP contribution >= 0.6 is 0 Å². The molecule has 0 aliphatic carbocycles. The molecule has 0 radical (unpaired) electrons. The van der Waals surface area contributed by atoms with E-state index in [9.17, 15) is 9.59 Å². The van der Waals surface area contributed by atoms with E-state index in [4.69, 9.17) is 4.74 Å². The first-order chi connectivity index (χ1) is 14.6. The first-order valence-electron chi connectivity index (χ1n) is 10.3. The van der Waals surface area contributed by atoms with Crippen LogP contribution in [0.2, 0.25) is 0 Å². The van der Waals surface area contributed by atoms with Gasteiger partial charge in [-0.3, -0.25) is 14.5 Å². The summed E-state index contributed by atoms with van der Waals surface area (Å²) in [5.74, 6) is 0.413. The molecule has 0 spiro atoms. The average molecular weight is 406 g/mol. The molecule has 3 aromatic rings. The maximum absolute atomic E-state index is 13.1. The topological polar surface area (TPSA) is 78.5 Å². The van der Waals surface area contributed by atoms with Gasteiger partial charge in [0.2, 0.25) is 0 Å². The van der Waals surface area contributed by atoms with Gasteiger partial charge < -0.3 is 14.6 Å². The van der Waals surface area contributed by atoms with Crippen LogP contribution in [0.15, 0.2) is 53.3 Å². The largest absolute Gasteiger partial charge is 0.379 e. The van der Waals surface area contributed by atoms with Crippen molar-refractivity contribution >= 4 is 16.8 Å². The molecule has 1 fully saturated rings. The predicted octanol–water partition coefficient (Wildman–Crippen LogP) is 2.42. The normalized spacial score (nSPS) is 14.7. The molecule has 1 saturated heterocycles. The van der Waals surface area contributed by atoms with Crippen molar-refractivity contribution in [1.82, 2.24) is 19.8 Å². The summed E-state index contributed by atoms with van der Waals surface area (Å²) < 4.78 is 5.40. The number of nitrogens with zero attached hydrogens (tertiary/aromatic N) is 3. The lowest BCUT2D eigenvalue weighted by Crippen LogP contribution is -2.35. The minimum atomic E-state index is -0.188. The van der Waals surface area contributed by atoms with Crippen molar-refractivity contribution in [2.24, 2.45) is 0 Å². The number of H-pyrrole nitrogens is 1. The molecule has 0 atom stereocenters. The van der Waals surface area contributed by atoms with Gasteiger partial charge >= 0.3 is 0 Å². The highest BCUT2D eigenvalue weighted by atomic mass is 16.5. The van der Waals surface area contributed by atoms with Crippen LogP contribution in [-0.2, 0) is 17.8 Å². The third-order valence-electron chi connectivity index (χ3n) is 5.36. The van der Waals surface area contributed by atoms with Crippen LogP contribution in [0.4, 0.5) is 0 Å². The highest BCUT2D eigenvalue weighted by Gasteiger charge is 2.18. The van der Waals surface area contributed by atoms with Crippen LogP contribution in [-0.4, -0.2) is 58.5 Å². The molecule has 1 aliphatic rings. The Morgan fingerprint density at radius 1 is 1.17 bits per heavy atom. The molecule has 1 aromatic heterocycles. The van der Waals surface area contributed by atoms with Crippen LogP contribution in [0, 0.1) is 0 Å². The van der Waals surface area contributed by atoms with Gasteiger partial charge in [0, 0.05) is 31.7 Å². The minimum Gasteiger partial charge on any atom is -0.379 e.